The van der Waals surface area contributed by atoms with Crippen LogP contribution in [-0.4, -0.2) is 49.1 Å². The first-order valence-corrected chi connectivity index (χ1v) is 6.41. The molecule has 1 saturated heterocycles. The summed E-state index contributed by atoms with van der Waals surface area (Å²) in [5.41, 5.74) is 7.29. The molecule has 1 fully saturated rings. The number of hydrogen-bond acceptors (Lipinski definition) is 3. The molecule has 1 aliphatic rings. The first-order valence-electron chi connectivity index (χ1n) is 6.41. The Kier molecular flexibility index (Phi) is 4.15. The Bertz CT molecular complexity index is 339. The largest absolute Gasteiger partial charge is 0.329 e. The Morgan fingerprint density at radius 2 is 2.00 bits per heavy atom. The van der Waals surface area contributed by atoms with E-state index in [1.54, 1.807) is 0 Å². The summed E-state index contributed by atoms with van der Waals surface area (Å²) in [6.45, 7) is 6.33. The summed E-state index contributed by atoms with van der Waals surface area (Å²) < 4.78 is 0. The highest BCUT2D eigenvalue weighted by atomic mass is 15.3. The van der Waals surface area contributed by atoms with E-state index in [1.165, 1.54) is 5.56 Å². The van der Waals surface area contributed by atoms with E-state index in [-0.39, 0.29) is 0 Å². The molecular weight excluding hydrogens is 210 g/mol. The van der Waals surface area contributed by atoms with Gasteiger partial charge in [-0.15, -0.1) is 0 Å². The van der Waals surface area contributed by atoms with Crippen LogP contribution in [0.1, 0.15) is 18.5 Å². The van der Waals surface area contributed by atoms with Crippen LogP contribution in [0.2, 0.25) is 0 Å². The molecule has 0 spiro atoms. The van der Waals surface area contributed by atoms with Crippen molar-refractivity contribution in [3.05, 3.63) is 35.9 Å². The lowest BCUT2D eigenvalue weighted by Gasteiger charge is -2.43. The second kappa shape index (κ2) is 5.63. The molecule has 2 rings (SSSR count). The van der Waals surface area contributed by atoms with Crippen molar-refractivity contribution in [2.24, 2.45) is 5.73 Å². The van der Waals surface area contributed by atoms with Crippen LogP contribution in [0.4, 0.5) is 0 Å². The number of benzene rings is 1. The fourth-order valence-electron chi connectivity index (χ4n) is 2.67. The molecule has 0 saturated carbocycles. The van der Waals surface area contributed by atoms with Crippen LogP contribution in [0.15, 0.2) is 30.3 Å². The maximum Gasteiger partial charge on any atom is 0.0352 e. The fraction of sp³-hybridized carbons (Fsp3) is 0.571. The first-order chi connectivity index (χ1) is 8.22. The molecule has 1 aliphatic heterocycles. The Morgan fingerprint density at radius 3 is 2.65 bits per heavy atom. The summed E-state index contributed by atoms with van der Waals surface area (Å²) in [5, 5.41) is 0. The zero-order valence-corrected chi connectivity index (χ0v) is 10.8. The maximum absolute atomic E-state index is 5.90. The predicted molar refractivity (Wildman–Crippen MR) is 71.9 cm³/mol. The van der Waals surface area contributed by atoms with Crippen LogP contribution < -0.4 is 5.73 Å². The van der Waals surface area contributed by atoms with Crippen LogP contribution in [0, 0.1) is 0 Å². The Hall–Kier alpha value is -0.900. The number of rotatable bonds is 3. The standard InChI is InChI=1S/C14H23N3/c1-12(13-6-4-3-5-7-13)17-9-8-16(2)11-14(17)10-15/h3-7,12,14H,8-11,15H2,1-2H3. The molecule has 2 unspecified atom stereocenters. The minimum absolute atomic E-state index is 0.457. The maximum atomic E-state index is 5.90. The third-order valence-corrected chi connectivity index (χ3v) is 3.78. The molecule has 1 aromatic rings. The Morgan fingerprint density at radius 1 is 1.29 bits per heavy atom. The molecule has 3 heteroatoms. The quantitative estimate of drug-likeness (QED) is 0.854. The molecule has 0 aromatic heterocycles. The van der Waals surface area contributed by atoms with E-state index in [1.807, 2.05) is 0 Å². The monoisotopic (exact) mass is 233 g/mol. The van der Waals surface area contributed by atoms with Gasteiger partial charge in [-0.25, -0.2) is 0 Å². The van der Waals surface area contributed by atoms with Crippen molar-refractivity contribution < 1.29 is 0 Å². The van der Waals surface area contributed by atoms with Crippen molar-refractivity contribution in [2.75, 3.05) is 33.2 Å². The highest BCUT2D eigenvalue weighted by Crippen LogP contribution is 2.24. The summed E-state index contributed by atoms with van der Waals surface area (Å²) in [6.07, 6.45) is 0. The molecule has 3 nitrogen and oxygen atoms in total. The number of hydrogen-bond donors (Lipinski definition) is 1. The molecule has 0 amide bonds. The molecule has 0 bridgehead atoms. The van der Waals surface area contributed by atoms with Gasteiger partial charge in [0.25, 0.3) is 0 Å². The van der Waals surface area contributed by atoms with Crippen LogP contribution >= 0.6 is 0 Å². The van der Waals surface area contributed by atoms with Crippen molar-refractivity contribution in [2.45, 2.75) is 19.0 Å². The lowest BCUT2D eigenvalue weighted by Crippen LogP contribution is -2.55. The van der Waals surface area contributed by atoms with Gasteiger partial charge in [0.15, 0.2) is 0 Å². The van der Waals surface area contributed by atoms with E-state index in [2.05, 4.69) is 54.1 Å². The number of likely N-dealkylation sites (N-methyl/N-ethyl adjacent to an activating group) is 1. The van der Waals surface area contributed by atoms with Crippen molar-refractivity contribution in [1.29, 1.82) is 0 Å². The number of nitrogens with two attached hydrogens (primary N) is 1. The fourth-order valence-corrected chi connectivity index (χ4v) is 2.67. The molecule has 1 aromatic carbocycles. The summed E-state index contributed by atoms with van der Waals surface area (Å²) in [7, 11) is 2.17. The lowest BCUT2D eigenvalue weighted by atomic mass is 10.0. The Balaban J connectivity index is 2.10. The van der Waals surface area contributed by atoms with Gasteiger partial charge >= 0.3 is 0 Å². The van der Waals surface area contributed by atoms with Crippen molar-refractivity contribution in [3.63, 3.8) is 0 Å². The minimum atomic E-state index is 0.457. The van der Waals surface area contributed by atoms with Gasteiger partial charge in [0.1, 0.15) is 0 Å². The van der Waals surface area contributed by atoms with Crippen LogP contribution in [0.3, 0.4) is 0 Å². The van der Waals surface area contributed by atoms with Gasteiger partial charge < -0.3 is 10.6 Å². The van der Waals surface area contributed by atoms with Crippen LogP contribution in [0.25, 0.3) is 0 Å². The third kappa shape index (κ3) is 2.86. The van der Waals surface area contributed by atoms with E-state index in [0.29, 0.717) is 12.1 Å². The number of piperazine rings is 1. The van der Waals surface area contributed by atoms with Crippen molar-refractivity contribution >= 4 is 0 Å². The molecule has 2 N–H and O–H groups in total. The second-order valence-electron chi connectivity index (χ2n) is 4.98. The van der Waals surface area contributed by atoms with Gasteiger partial charge in [-0.1, -0.05) is 30.3 Å². The summed E-state index contributed by atoms with van der Waals surface area (Å²) in [6, 6.07) is 11.6. The van der Waals surface area contributed by atoms with Gasteiger partial charge in [0.2, 0.25) is 0 Å². The van der Waals surface area contributed by atoms with Gasteiger partial charge in [-0.05, 0) is 19.5 Å². The smallest absolute Gasteiger partial charge is 0.0352 e. The topological polar surface area (TPSA) is 32.5 Å². The van der Waals surface area contributed by atoms with Gasteiger partial charge in [0.05, 0.1) is 0 Å². The molecule has 0 aliphatic carbocycles. The van der Waals surface area contributed by atoms with Crippen LogP contribution in [-0.2, 0) is 0 Å². The first kappa shape index (κ1) is 12.6. The van der Waals surface area contributed by atoms with E-state index in [9.17, 15) is 0 Å². The van der Waals surface area contributed by atoms with Gasteiger partial charge in [0, 0.05) is 38.3 Å². The molecule has 94 valence electrons. The zero-order valence-electron chi connectivity index (χ0n) is 10.8. The van der Waals surface area contributed by atoms with Crippen LogP contribution in [0.5, 0.6) is 0 Å². The van der Waals surface area contributed by atoms with E-state index in [0.717, 1.165) is 26.2 Å². The van der Waals surface area contributed by atoms with Crippen molar-refractivity contribution in [1.82, 2.24) is 9.80 Å². The highest BCUT2D eigenvalue weighted by Gasteiger charge is 2.28. The van der Waals surface area contributed by atoms with Crippen molar-refractivity contribution in [3.8, 4) is 0 Å². The third-order valence-electron chi connectivity index (χ3n) is 3.78. The summed E-state index contributed by atoms with van der Waals surface area (Å²) in [4.78, 5) is 4.90. The average Bonchev–Trinajstić information content (AvgIpc) is 2.39. The Labute approximate surface area is 104 Å². The SMILES string of the molecule is CC(c1ccccc1)N1CCN(C)CC1CN. The summed E-state index contributed by atoms with van der Waals surface area (Å²) >= 11 is 0. The number of nitrogens with zero attached hydrogens (tertiary/aromatic N) is 2. The molecule has 17 heavy (non-hydrogen) atoms. The van der Waals surface area contributed by atoms with E-state index in [4.69, 9.17) is 5.73 Å². The predicted octanol–water partition coefficient (Wildman–Crippen LogP) is 1.32. The zero-order chi connectivity index (χ0) is 12.3. The molecular formula is C14H23N3. The van der Waals surface area contributed by atoms with E-state index >= 15 is 0 Å². The molecule has 0 radical (unpaired) electrons. The summed E-state index contributed by atoms with van der Waals surface area (Å²) in [5.74, 6) is 0. The average molecular weight is 233 g/mol. The normalized spacial score (nSPS) is 24.8. The van der Waals surface area contributed by atoms with Gasteiger partial charge in [-0.3, -0.25) is 4.90 Å². The molecule has 1 heterocycles. The van der Waals surface area contributed by atoms with Gasteiger partial charge in [-0.2, -0.15) is 0 Å². The lowest BCUT2D eigenvalue weighted by molar-refractivity contribution is 0.0621. The highest BCUT2D eigenvalue weighted by molar-refractivity contribution is 5.18. The second-order valence-corrected chi connectivity index (χ2v) is 4.98. The van der Waals surface area contributed by atoms with E-state index < -0.39 is 0 Å². The molecule has 2 atom stereocenters. The minimum Gasteiger partial charge on any atom is -0.329 e.